The number of carbonyl (C=O) groups is 2. The summed E-state index contributed by atoms with van der Waals surface area (Å²) >= 11 is 0. The molecule has 0 radical (unpaired) electrons. The van der Waals surface area contributed by atoms with Crippen molar-refractivity contribution in [2.45, 2.75) is 13.3 Å². The van der Waals surface area contributed by atoms with E-state index in [-0.39, 0.29) is 18.5 Å². The first-order valence-corrected chi connectivity index (χ1v) is 5.83. The van der Waals surface area contributed by atoms with Gasteiger partial charge in [-0.15, -0.1) is 0 Å². The van der Waals surface area contributed by atoms with Crippen molar-refractivity contribution in [2.24, 2.45) is 0 Å². The predicted molar refractivity (Wildman–Crippen MR) is 71.6 cm³/mol. The summed E-state index contributed by atoms with van der Waals surface area (Å²) in [4.78, 5) is 26.0. The van der Waals surface area contributed by atoms with Crippen molar-refractivity contribution in [3.8, 4) is 6.07 Å². The number of carboxylic acid groups (broad SMARTS) is 1. The Bertz CT molecular complexity index is 575. The molecule has 7 nitrogen and oxygen atoms in total. The number of carboxylic acids is 1. The van der Waals surface area contributed by atoms with Crippen molar-refractivity contribution >= 4 is 17.7 Å². The number of anilines is 1. The molecule has 0 saturated heterocycles. The highest BCUT2D eigenvalue weighted by Crippen LogP contribution is 2.09. The number of nitrogens with zero attached hydrogens (tertiary/aromatic N) is 2. The second kappa shape index (κ2) is 7.53. The number of aromatic nitrogens is 1. The maximum Gasteiger partial charge on any atom is 0.305 e. The lowest BCUT2D eigenvalue weighted by Crippen LogP contribution is -2.27. The predicted octanol–water partition coefficient (Wildman–Crippen LogP) is 0.800. The number of aliphatic carboxylic acids is 1. The van der Waals surface area contributed by atoms with E-state index >= 15 is 0 Å². The smallest absolute Gasteiger partial charge is 0.305 e. The van der Waals surface area contributed by atoms with E-state index in [4.69, 9.17) is 10.4 Å². The Morgan fingerprint density at radius 2 is 2.30 bits per heavy atom. The van der Waals surface area contributed by atoms with E-state index in [1.165, 1.54) is 6.20 Å². The minimum absolute atomic E-state index is 0.0319. The molecule has 0 spiro atoms. The van der Waals surface area contributed by atoms with Gasteiger partial charge in [0, 0.05) is 18.9 Å². The number of pyridine rings is 1. The summed E-state index contributed by atoms with van der Waals surface area (Å²) < 4.78 is 0. The van der Waals surface area contributed by atoms with Crippen molar-refractivity contribution in [3.05, 3.63) is 35.7 Å². The zero-order valence-corrected chi connectivity index (χ0v) is 10.9. The van der Waals surface area contributed by atoms with Crippen LogP contribution in [0.4, 0.5) is 5.82 Å². The SMILES string of the molecule is Cc1cccnc1N/C=C(/C#N)C(=O)NCCC(=O)O. The number of aryl methyl sites for hydroxylation is 1. The second-order valence-electron chi connectivity index (χ2n) is 3.88. The fraction of sp³-hybridized carbons (Fsp3) is 0.231. The van der Waals surface area contributed by atoms with Crippen LogP contribution in [-0.4, -0.2) is 28.5 Å². The first-order valence-electron chi connectivity index (χ1n) is 5.83. The van der Waals surface area contributed by atoms with Gasteiger partial charge in [-0.2, -0.15) is 5.26 Å². The molecule has 0 bridgehead atoms. The van der Waals surface area contributed by atoms with Crippen LogP contribution >= 0.6 is 0 Å². The Labute approximate surface area is 115 Å². The molecule has 0 aliphatic carbocycles. The normalized spacial score (nSPS) is 10.5. The number of carbonyl (C=O) groups excluding carboxylic acids is 1. The number of amides is 1. The number of hydrogen-bond acceptors (Lipinski definition) is 5. The number of rotatable bonds is 6. The molecule has 1 heterocycles. The van der Waals surface area contributed by atoms with E-state index < -0.39 is 11.9 Å². The number of nitrogens with one attached hydrogen (secondary N) is 2. The standard InChI is InChI=1S/C13H14N4O3/c1-9-3-2-5-15-12(9)17-8-10(7-14)13(20)16-6-4-11(18)19/h2-3,5,8H,4,6H2,1H3,(H,15,17)(H,16,20)(H,18,19)/b10-8-. The second-order valence-corrected chi connectivity index (χ2v) is 3.88. The Balaban J connectivity index is 2.64. The fourth-order valence-corrected chi connectivity index (χ4v) is 1.30. The molecule has 0 unspecified atom stereocenters. The molecule has 0 fully saturated rings. The molecule has 1 rings (SSSR count). The van der Waals surface area contributed by atoms with E-state index in [1.54, 1.807) is 18.3 Å². The molecule has 104 valence electrons. The maximum absolute atomic E-state index is 11.6. The summed E-state index contributed by atoms with van der Waals surface area (Å²) in [6.07, 6.45) is 2.63. The van der Waals surface area contributed by atoms with Gasteiger partial charge in [0.2, 0.25) is 0 Å². The number of hydrogen-bond donors (Lipinski definition) is 3. The van der Waals surface area contributed by atoms with E-state index in [9.17, 15) is 9.59 Å². The monoisotopic (exact) mass is 274 g/mol. The van der Waals surface area contributed by atoms with Crippen molar-refractivity contribution in [1.82, 2.24) is 10.3 Å². The minimum Gasteiger partial charge on any atom is -0.481 e. The third kappa shape index (κ3) is 4.78. The van der Waals surface area contributed by atoms with Crippen LogP contribution in [0, 0.1) is 18.3 Å². The molecule has 20 heavy (non-hydrogen) atoms. The molecule has 0 aliphatic rings. The van der Waals surface area contributed by atoms with Gasteiger partial charge in [-0.1, -0.05) is 6.07 Å². The minimum atomic E-state index is -1.02. The van der Waals surface area contributed by atoms with Crippen molar-refractivity contribution in [2.75, 3.05) is 11.9 Å². The topological polar surface area (TPSA) is 115 Å². The van der Waals surface area contributed by atoms with Crippen LogP contribution in [0.5, 0.6) is 0 Å². The molecule has 1 aromatic heterocycles. The van der Waals surface area contributed by atoms with E-state index in [2.05, 4.69) is 15.6 Å². The summed E-state index contributed by atoms with van der Waals surface area (Å²) in [6.45, 7) is 1.80. The summed E-state index contributed by atoms with van der Waals surface area (Å²) in [6, 6.07) is 5.35. The molecule has 0 aromatic carbocycles. The highest BCUT2D eigenvalue weighted by atomic mass is 16.4. The lowest BCUT2D eigenvalue weighted by atomic mass is 10.2. The lowest BCUT2D eigenvalue weighted by Gasteiger charge is -2.05. The molecule has 0 atom stereocenters. The summed E-state index contributed by atoms with van der Waals surface area (Å²) in [5.41, 5.74) is 0.716. The van der Waals surface area contributed by atoms with E-state index in [1.807, 2.05) is 13.0 Å². The van der Waals surface area contributed by atoms with Gasteiger partial charge in [0.1, 0.15) is 17.5 Å². The van der Waals surface area contributed by atoms with Gasteiger partial charge in [-0.3, -0.25) is 9.59 Å². The molecule has 1 amide bonds. The fourth-order valence-electron chi connectivity index (χ4n) is 1.30. The van der Waals surface area contributed by atoms with Gasteiger partial charge >= 0.3 is 5.97 Å². The van der Waals surface area contributed by atoms with Gasteiger partial charge in [0.05, 0.1) is 6.42 Å². The highest BCUT2D eigenvalue weighted by Gasteiger charge is 2.09. The summed E-state index contributed by atoms with van der Waals surface area (Å²) in [7, 11) is 0. The van der Waals surface area contributed by atoms with Crippen LogP contribution in [0.1, 0.15) is 12.0 Å². The molecule has 0 saturated carbocycles. The maximum atomic E-state index is 11.6. The summed E-state index contributed by atoms with van der Waals surface area (Å²) in [5.74, 6) is -1.11. The summed E-state index contributed by atoms with van der Waals surface area (Å²) in [5, 5.41) is 22.5. The average Bonchev–Trinajstić information content (AvgIpc) is 2.41. The van der Waals surface area contributed by atoms with Gasteiger partial charge in [0.25, 0.3) is 5.91 Å². The Morgan fingerprint density at radius 3 is 2.90 bits per heavy atom. The van der Waals surface area contributed by atoms with Gasteiger partial charge in [0.15, 0.2) is 0 Å². The van der Waals surface area contributed by atoms with Crippen LogP contribution in [0.15, 0.2) is 30.1 Å². The third-order valence-electron chi connectivity index (χ3n) is 2.35. The average molecular weight is 274 g/mol. The zero-order chi connectivity index (χ0) is 15.0. The van der Waals surface area contributed by atoms with E-state index in [0.29, 0.717) is 5.82 Å². The third-order valence-corrected chi connectivity index (χ3v) is 2.35. The molecule has 1 aromatic rings. The van der Waals surface area contributed by atoms with Crippen LogP contribution in [0.3, 0.4) is 0 Å². The Hall–Kier alpha value is -2.88. The van der Waals surface area contributed by atoms with Crippen molar-refractivity contribution in [1.29, 1.82) is 5.26 Å². The Kier molecular flexibility index (Phi) is 5.72. The van der Waals surface area contributed by atoms with Crippen LogP contribution < -0.4 is 10.6 Å². The van der Waals surface area contributed by atoms with Crippen LogP contribution in [0.25, 0.3) is 0 Å². The van der Waals surface area contributed by atoms with E-state index in [0.717, 1.165) is 5.56 Å². The van der Waals surface area contributed by atoms with Crippen LogP contribution in [0.2, 0.25) is 0 Å². The molecular formula is C13H14N4O3. The molecule has 3 N–H and O–H groups in total. The Morgan fingerprint density at radius 1 is 1.55 bits per heavy atom. The lowest BCUT2D eigenvalue weighted by molar-refractivity contribution is -0.136. The first-order chi connectivity index (χ1) is 9.54. The first kappa shape index (κ1) is 15.2. The van der Waals surface area contributed by atoms with Gasteiger partial charge < -0.3 is 15.7 Å². The van der Waals surface area contributed by atoms with Crippen molar-refractivity contribution in [3.63, 3.8) is 0 Å². The highest BCUT2D eigenvalue weighted by molar-refractivity contribution is 5.97. The molecule has 7 heteroatoms. The molecular weight excluding hydrogens is 260 g/mol. The van der Waals surface area contributed by atoms with Gasteiger partial charge in [-0.05, 0) is 18.6 Å². The quantitative estimate of drug-likeness (QED) is 0.522. The van der Waals surface area contributed by atoms with Gasteiger partial charge in [-0.25, -0.2) is 4.98 Å². The number of nitriles is 1. The van der Waals surface area contributed by atoms with Crippen molar-refractivity contribution < 1.29 is 14.7 Å². The van der Waals surface area contributed by atoms with Crippen LogP contribution in [-0.2, 0) is 9.59 Å². The molecule has 0 aliphatic heterocycles. The zero-order valence-electron chi connectivity index (χ0n) is 10.9. The largest absolute Gasteiger partial charge is 0.481 e.